The normalized spacial score (nSPS) is 25.3. The van der Waals surface area contributed by atoms with Gasteiger partial charge in [-0.2, -0.15) is 0 Å². The summed E-state index contributed by atoms with van der Waals surface area (Å²) in [5, 5.41) is 1.37. The molecule has 2 atom stereocenters. The molecule has 1 saturated carbocycles. The van der Waals surface area contributed by atoms with Gasteiger partial charge in [-0.1, -0.05) is 24.5 Å². The van der Waals surface area contributed by atoms with Gasteiger partial charge < -0.3 is 10.7 Å². The summed E-state index contributed by atoms with van der Waals surface area (Å²) in [5.41, 5.74) is 10.3. The van der Waals surface area contributed by atoms with Crippen LogP contribution in [0, 0.1) is 6.92 Å². The van der Waals surface area contributed by atoms with Crippen molar-refractivity contribution in [3.8, 4) is 0 Å². The van der Waals surface area contributed by atoms with Crippen molar-refractivity contribution < 1.29 is 0 Å². The summed E-state index contributed by atoms with van der Waals surface area (Å²) in [4.78, 5) is 3.38. The number of aromatic nitrogens is 1. The number of nitrogens with one attached hydrogen (secondary N) is 1. The number of aryl methyl sites for hydroxylation is 1. The number of hydrogen-bond donors (Lipinski definition) is 2. The predicted molar refractivity (Wildman–Crippen MR) is 72.2 cm³/mol. The molecule has 2 heteroatoms. The summed E-state index contributed by atoms with van der Waals surface area (Å²) in [7, 11) is 0. The molecule has 90 valence electrons. The first kappa shape index (κ1) is 10.8. The monoisotopic (exact) mass is 228 g/mol. The molecule has 1 aromatic carbocycles. The van der Waals surface area contributed by atoms with E-state index in [1.165, 1.54) is 47.7 Å². The molecule has 1 aliphatic rings. The minimum absolute atomic E-state index is 0.336. The zero-order valence-corrected chi connectivity index (χ0v) is 10.4. The fourth-order valence-electron chi connectivity index (χ4n) is 3.11. The maximum absolute atomic E-state index is 6.29. The van der Waals surface area contributed by atoms with Gasteiger partial charge in [-0.3, -0.25) is 0 Å². The average molecular weight is 228 g/mol. The number of nitrogens with two attached hydrogens (primary N) is 1. The molecule has 3 rings (SSSR count). The molecule has 2 unspecified atom stereocenters. The summed E-state index contributed by atoms with van der Waals surface area (Å²) >= 11 is 0. The molecule has 3 N–H and O–H groups in total. The van der Waals surface area contributed by atoms with Crippen LogP contribution in [0.5, 0.6) is 0 Å². The van der Waals surface area contributed by atoms with Crippen molar-refractivity contribution in [1.82, 2.24) is 4.98 Å². The van der Waals surface area contributed by atoms with Gasteiger partial charge in [-0.15, -0.1) is 0 Å². The Labute approximate surface area is 102 Å². The Morgan fingerprint density at radius 2 is 2.06 bits per heavy atom. The van der Waals surface area contributed by atoms with E-state index in [4.69, 9.17) is 5.73 Å². The summed E-state index contributed by atoms with van der Waals surface area (Å²) in [6.45, 7) is 2.15. The Morgan fingerprint density at radius 3 is 2.88 bits per heavy atom. The lowest BCUT2D eigenvalue weighted by Gasteiger charge is -2.28. The Balaban J connectivity index is 2.07. The van der Waals surface area contributed by atoms with Gasteiger partial charge in [0, 0.05) is 29.1 Å². The Bertz CT molecular complexity index is 527. The highest BCUT2D eigenvalue weighted by atomic mass is 14.7. The number of fused-ring (bicyclic) bond motifs is 1. The van der Waals surface area contributed by atoms with Crippen LogP contribution in [0.2, 0.25) is 0 Å². The smallest absolute Gasteiger partial charge is 0.0457 e. The van der Waals surface area contributed by atoms with Crippen molar-refractivity contribution in [3.05, 3.63) is 35.5 Å². The first-order valence-corrected chi connectivity index (χ1v) is 6.59. The van der Waals surface area contributed by atoms with Crippen LogP contribution in [-0.2, 0) is 0 Å². The fourth-order valence-corrected chi connectivity index (χ4v) is 3.11. The van der Waals surface area contributed by atoms with E-state index in [1.54, 1.807) is 0 Å². The third kappa shape index (κ3) is 1.87. The second-order valence-electron chi connectivity index (χ2n) is 5.35. The summed E-state index contributed by atoms with van der Waals surface area (Å²) in [5.74, 6) is 0.541. The first-order valence-electron chi connectivity index (χ1n) is 6.59. The van der Waals surface area contributed by atoms with Gasteiger partial charge in [-0.25, -0.2) is 0 Å². The van der Waals surface area contributed by atoms with Gasteiger partial charge in [-0.05, 0) is 37.5 Å². The van der Waals surface area contributed by atoms with E-state index in [2.05, 4.69) is 36.3 Å². The van der Waals surface area contributed by atoms with Crippen LogP contribution in [0.4, 0.5) is 0 Å². The second kappa shape index (κ2) is 4.19. The van der Waals surface area contributed by atoms with Crippen LogP contribution in [-0.4, -0.2) is 11.0 Å². The zero-order chi connectivity index (χ0) is 11.8. The fraction of sp³-hybridized carbons (Fsp3) is 0.467. The summed E-state index contributed by atoms with van der Waals surface area (Å²) < 4.78 is 0. The van der Waals surface area contributed by atoms with Crippen molar-refractivity contribution >= 4 is 10.9 Å². The van der Waals surface area contributed by atoms with Gasteiger partial charge in [0.15, 0.2) is 0 Å². The number of H-pyrrole nitrogens is 1. The highest BCUT2D eigenvalue weighted by molar-refractivity contribution is 5.84. The standard InChI is InChI=1S/C15H20N2/c1-10-6-7-15-12(8-10)13(9-17-15)11-4-2-3-5-14(11)16/h6-9,11,14,17H,2-5,16H2,1H3. The molecular weight excluding hydrogens is 208 g/mol. The van der Waals surface area contributed by atoms with Gasteiger partial charge in [0.25, 0.3) is 0 Å². The van der Waals surface area contributed by atoms with Crippen molar-refractivity contribution in [2.24, 2.45) is 5.73 Å². The Hall–Kier alpha value is -1.28. The van der Waals surface area contributed by atoms with E-state index in [-0.39, 0.29) is 0 Å². The number of benzene rings is 1. The van der Waals surface area contributed by atoms with Crippen LogP contribution in [0.3, 0.4) is 0 Å². The van der Waals surface area contributed by atoms with Crippen LogP contribution < -0.4 is 5.73 Å². The molecular formula is C15H20N2. The minimum atomic E-state index is 0.336. The average Bonchev–Trinajstić information content (AvgIpc) is 2.72. The molecule has 0 spiro atoms. The van der Waals surface area contributed by atoms with E-state index < -0.39 is 0 Å². The van der Waals surface area contributed by atoms with E-state index in [0.29, 0.717) is 12.0 Å². The molecule has 17 heavy (non-hydrogen) atoms. The molecule has 0 saturated heterocycles. The SMILES string of the molecule is Cc1ccc2[nH]cc(C3CCCCC3N)c2c1. The lowest BCUT2D eigenvalue weighted by molar-refractivity contribution is 0.387. The maximum atomic E-state index is 6.29. The molecule has 0 bridgehead atoms. The summed E-state index contributed by atoms with van der Waals surface area (Å²) in [6, 6.07) is 6.94. The predicted octanol–water partition coefficient (Wildman–Crippen LogP) is 3.46. The van der Waals surface area contributed by atoms with Crippen molar-refractivity contribution in [2.75, 3.05) is 0 Å². The highest BCUT2D eigenvalue weighted by Crippen LogP contribution is 2.36. The third-order valence-electron chi connectivity index (χ3n) is 4.09. The van der Waals surface area contributed by atoms with Gasteiger partial charge in [0.05, 0.1) is 0 Å². The lowest BCUT2D eigenvalue weighted by Crippen LogP contribution is -2.31. The zero-order valence-electron chi connectivity index (χ0n) is 10.4. The molecule has 1 aliphatic carbocycles. The number of hydrogen-bond acceptors (Lipinski definition) is 1. The maximum Gasteiger partial charge on any atom is 0.0457 e. The molecule has 2 aromatic rings. The quantitative estimate of drug-likeness (QED) is 0.771. The van der Waals surface area contributed by atoms with Gasteiger partial charge in [0.1, 0.15) is 0 Å². The molecule has 1 fully saturated rings. The second-order valence-corrected chi connectivity index (χ2v) is 5.35. The highest BCUT2D eigenvalue weighted by Gasteiger charge is 2.25. The van der Waals surface area contributed by atoms with Crippen LogP contribution >= 0.6 is 0 Å². The van der Waals surface area contributed by atoms with Crippen molar-refractivity contribution in [2.45, 2.75) is 44.6 Å². The first-order chi connectivity index (χ1) is 8.25. The third-order valence-corrected chi connectivity index (χ3v) is 4.09. The molecule has 1 aromatic heterocycles. The van der Waals surface area contributed by atoms with Crippen molar-refractivity contribution in [3.63, 3.8) is 0 Å². The van der Waals surface area contributed by atoms with Crippen LogP contribution in [0.15, 0.2) is 24.4 Å². The molecule has 0 radical (unpaired) electrons. The Morgan fingerprint density at radius 1 is 1.24 bits per heavy atom. The summed E-state index contributed by atoms with van der Waals surface area (Å²) in [6.07, 6.45) is 7.18. The topological polar surface area (TPSA) is 41.8 Å². The minimum Gasteiger partial charge on any atom is -0.361 e. The molecule has 1 heterocycles. The Kier molecular flexibility index (Phi) is 2.67. The van der Waals surface area contributed by atoms with Crippen molar-refractivity contribution in [1.29, 1.82) is 0 Å². The van der Waals surface area contributed by atoms with Gasteiger partial charge in [0.2, 0.25) is 0 Å². The van der Waals surface area contributed by atoms with Crippen LogP contribution in [0.25, 0.3) is 10.9 Å². The van der Waals surface area contributed by atoms with Crippen LogP contribution in [0.1, 0.15) is 42.7 Å². The largest absolute Gasteiger partial charge is 0.361 e. The number of aromatic amines is 1. The molecule has 2 nitrogen and oxygen atoms in total. The van der Waals surface area contributed by atoms with E-state index >= 15 is 0 Å². The molecule has 0 amide bonds. The van der Waals surface area contributed by atoms with E-state index in [9.17, 15) is 0 Å². The van der Waals surface area contributed by atoms with E-state index in [1.807, 2.05) is 0 Å². The number of rotatable bonds is 1. The molecule has 0 aliphatic heterocycles. The van der Waals surface area contributed by atoms with E-state index in [0.717, 1.165) is 0 Å². The van der Waals surface area contributed by atoms with Gasteiger partial charge >= 0.3 is 0 Å². The lowest BCUT2D eigenvalue weighted by atomic mass is 9.80.